The first-order valence-corrected chi connectivity index (χ1v) is 7.19. The van der Waals surface area contributed by atoms with Gasteiger partial charge in [-0.1, -0.05) is 0 Å². The van der Waals surface area contributed by atoms with Crippen LogP contribution in [0.3, 0.4) is 0 Å². The number of carbonyl (C=O) groups is 1. The molecule has 1 fully saturated rings. The first kappa shape index (κ1) is 14.5. The summed E-state index contributed by atoms with van der Waals surface area (Å²) in [5, 5.41) is 0. The summed E-state index contributed by atoms with van der Waals surface area (Å²) >= 11 is 3.28. The van der Waals surface area contributed by atoms with Crippen LogP contribution in [0.5, 0.6) is 0 Å². The number of ether oxygens (including phenoxy) is 1. The number of benzene rings is 1. The van der Waals surface area contributed by atoms with Gasteiger partial charge in [0.05, 0.1) is 11.7 Å². The average Bonchev–Trinajstić information content (AvgIpc) is 2.42. The van der Waals surface area contributed by atoms with E-state index in [1.807, 2.05) is 0 Å². The van der Waals surface area contributed by atoms with Gasteiger partial charge in [0.15, 0.2) is 0 Å². The molecule has 0 radical (unpaired) electrons. The number of likely N-dealkylation sites (N-methyl/N-ethyl adjacent to an activating group) is 1. The molecule has 1 atom stereocenters. The van der Waals surface area contributed by atoms with Crippen molar-refractivity contribution in [2.24, 2.45) is 0 Å². The summed E-state index contributed by atoms with van der Waals surface area (Å²) in [6, 6.07) is 4.13. The number of carbonyl (C=O) groups excluding carboxylic acids is 1. The van der Waals surface area contributed by atoms with Gasteiger partial charge in [-0.25, -0.2) is 4.39 Å². The van der Waals surface area contributed by atoms with E-state index in [1.165, 1.54) is 12.1 Å². The highest BCUT2D eigenvalue weighted by Gasteiger charge is 2.21. The molecule has 5 heteroatoms. The van der Waals surface area contributed by atoms with Crippen molar-refractivity contribution in [1.82, 2.24) is 4.90 Å². The van der Waals surface area contributed by atoms with Crippen LogP contribution >= 0.6 is 15.9 Å². The minimum absolute atomic E-state index is 0.0926. The monoisotopic (exact) mass is 329 g/mol. The van der Waals surface area contributed by atoms with Crippen molar-refractivity contribution in [1.29, 1.82) is 0 Å². The maximum absolute atomic E-state index is 13.2. The third-order valence-corrected chi connectivity index (χ3v) is 3.95. The number of amides is 1. The fourth-order valence-electron chi connectivity index (χ4n) is 2.21. The molecule has 1 aliphatic rings. The maximum Gasteiger partial charge on any atom is 0.254 e. The van der Waals surface area contributed by atoms with Gasteiger partial charge in [0.25, 0.3) is 5.91 Å². The van der Waals surface area contributed by atoms with E-state index in [2.05, 4.69) is 15.9 Å². The molecule has 19 heavy (non-hydrogen) atoms. The Kier molecular flexibility index (Phi) is 4.93. The van der Waals surface area contributed by atoms with Crippen molar-refractivity contribution < 1.29 is 13.9 Å². The van der Waals surface area contributed by atoms with Gasteiger partial charge in [-0.15, -0.1) is 0 Å². The largest absolute Gasteiger partial charge is 0.376 e. The Morgan fingerprint density at radius 2 is 2.32 bits per heavy atom. The molecule has 0 bridgehead atoms. The lowest BCUT2D eigenvalue weighted by molar-refractivity contribution is -0.000210. The molecule has 1 unspecified atom stereocenters. The summed E-state index contributed by atoms with van der Waals surface area (Å²) < 4.78 is 19.4. The Morgan fingerprint density at radius 1 is 1.53 bits per heavy atom. The number of halogens is 2. The van der Waals surface area contributed by atoms with Crippen LogP contribution in [0.1, 0.15) is 29.6 Å². The summed E-state index contributed by atoms with van der Waals surface area (Å²) in [5.41, 5.74) is 0.346. The fraction of sp³-hybridized carbons (Fsp3) is 0.500. The molecule has 1 saturated heterocycles. The zero-order valence-electron chi connectivity index (χ0n) is 10.9. The Balaban J connectivity index is 2.03. The van der Waals surface area contributed by atoms with Gasteiger partial charge in [-0.3, -0.25) is 4.79 Å². The first-order chi connectivity index (χ1) is 9.08. The highest BCUT2D eigenvalue weighted by Crippen LogP contribution is 2.20. The zero-order chi connectivity index (χ0) is 13.8. The van der Waals surface area contributed by atoms with Crippen LogP contribution in [0.25, 0.3) is 0 Å². The maximum atomic E-state index is 13.2. The molecule has 0 aromatic heterocycles. The number of hydrogen-bond acceptors (Lipinski definition) is 2. The summed E-state index contributed by atoms with van der Waals surface area (Å²) in [5.74, 6) is -0.602. The molecular weight excluding hydrogens is 313 g/mol. The number of nitrogens with zero attached hydrogens (tertiary/aromatic N) is 1. The van der Waals surface area contributed by atoms with Crippen LogP contribution in [-0.2, 0) is 4.74 Å². The van der Waals surface area contributed by atoms with E-state index in [9.17, 15) is 9.18 Å². The van der Waals surface area contributed by atoms with Crippen LogP contribution in [0.2, 0.25) is 0 Å². The third kappa shape index (κ3) is 3.76. The smallest absolute Gasteiger partial charge is 0.254 e. The van der Waals surface area contributed by atoms with E-state index < -0.39 is 5.82 Å². The van der Waals surface area contributed by atoms with Gasteiger partial charge in [-0.2, -0.15) is 0 Å². The summed E-state index contributed by atoms with van der Waals surface area (Å²) in [7, 11) is 1.72. The Labute approximate surface area is 120 Å². The third-order valence-electron chi connectivity index (χ3n) is 3.26. The van der Waals surface area contributed by atoms with E-state index in [0.29, 0.717) is 16.6 Å². The molecule has 1 aromatic rings. The minimum atomic E-state index is -0.408. The molecule has 0 aliphatic carbocycles. The second-order valence-corrected chi connectivity index (χ2v) is 5.65. The van der Waals surface area contributed by atoms with E-state index in [4.69, 9.17) is 4.74 Å². The van der Waals surface area contributed by atoms with Crippen LogP contribution in [0.4, 0.5) is 4.39 Å². The fourth-order valence-corrected chi connectivity index (χ4v) is 2.62. The molecule has 104 valence electrons. The van der Waals surface area contributed by atoms with Gasteiger partial charge in [0.1, 0.15) is 5.82 Å². The molecule has 0 spiro atoms. The van der Waals surface area contributed by atoms with Crippen molar-refractivity contribution >= 4 is 21.8 Å². The zero-order valence-corrected chi connectivity index (χ0v) is 12.5. The molecule has 0 saturated carbocycles. The molecule has 3 nitrogen and oxygen atoms in total. The van der Waals surface area contributed by atoms with Gasteiger partial charge in [0, 0.05) is 24.7 Å². The molecular formula is C14H17BrFNO2. The van der Waals surface area contributed by atoms with E-state index in [1.54, 1.807) is 18.0 Å². The minimum Gasteiger partial charge on any atom is -0.376 e. The molecule has 1 aliphatic heterocycles. The van der Waals surface area contributed by atoms with Crippen molar-refractivity contribution in [3.8, 4) is 0 Å². The van der Waals surface area contributed by atoms with E-state index in [0.717, 1.165) is 25.9 Å². The highest BCUT2D eigenvalue weighted by molar-refractivity contribution is 9.10. The molecule has 1 amide bonds. The Hall–Kier alpha value is -0.940. The van der Waals surface area contributed by atoms with Crippen LogP contribution in [0, 0.1) is 5.82 Å². The molecule has 0 N–H and O–H groups in total. The van der Waals surface area contributed by atoms with Crippen molar-refractivity contribution in [2.45, 2.75) is 25.4 Å². The summed E-state index contributed by atoms with van der Waals surface area (Å²) in [4.78, 5) is 13.9. The van der Waals surface area contributed by atoms with Crippen molar-refractivity contribution in [2.75, 3.05) is 20.2 Å². The molecule has 1 heterocycles. The average molecular weight is 330 g/mol. The number of hydrogen-bond donors (Lipinski definition) is 0. The van der Waals surface area contributed by atoms with E-state index >= 15 is 0 Å². The lowest BCUT2D eigenvalue weighted by atomic mass is 10.1. The summed E-state index contributed by atoms with van der Waals surface area (Å²) in [6.45, 7) is 1.30. The SMILES string of the molecule is CN(CC1CCCCO1)C(=O)c1cc(F)ccc1Br. The Bertz CT molecular complexity index is 461. The first-order valence-electron chi connectivity index (χ1n) is 6.40. The highest BCUT2D eigenvalue weighted by atomic mass is 79.9. The molecule has 1 aromatic carbocycles. The van der Waals surface area contributed by atoms with Crippen LogP contribution in [0.15, 0.2) is 22.7 Å². The molecule has 2 rings (SSSR count). The van der Waals surface area contributed by atoms with Crippen LogP contribution in [-0.4, -0.2) is 37.1 Å². The lowest BCUT2D eigenvalue weighted by Crippen LogP contribution is -2.37. The quantitative estimate of drug-likeness (QED) is 0.852. The van der Waals surface area contributed by atoms with Gasteiger partial charge in [0.2, 0.25) is 0 Å². The van der Waals surface area contributed by atoms with Gasteiger partial charge >= 0.3 is 0 Å². The predicted octanol–water partition coefficient (Wildman–Crippen LogP) is 3.23. The predicted molar refractivity (Wildman–Crippen MR) is 74.7 cm³/mol. The summed E-state index contributed by atoms with van der Waals surface area (Å²) in [6.07, 6.45) is 3.29. The van der Waals surface area contributed by atoms with Gasteiger partial charge < -0.3 is 9.64 Å². The van der Waals surface area contributed by atoms with E-state index in [-0.39, 0.29) is 12.0 Å². The van der Waals surface area contributed by atoms with Crippen molar-refractivity contribution in [3.63, 3.8) is 0 Å². The normalized spacial score (nSPS) is 19.2. The van der Waals surface area contributed by atoms with Crippen LogP contribution < -0.4 is 0 Å². The standard InChI is InChI=1S/C14H17BrFNO2/c1-17(9-11-4-2-3-7-19-11)14(18)12-8-10(16)5-6-13(12)15/h5-6,8,11H,2-4,7,9H2,1H3. The second-order valence-electron chi connectivity index (χ2n) is 4.80. The number of rotatable bonds is 3. The lowest BCUT2D eigenvalue weighted by Gasteiger charge is -2.27. The van der Waals surface area contributed by atoms with Crippen molar-refractivity contribution in [3.05, 3.63) is 34.1 Å². The topological polar surface area (TPSA) is 29.5 Å². The second kappa shape index (κ2) is 6.48. The van der Waals surface area contributed by atoms with Gasteiger partial charge in [-0.05, 0) is 53.4 Å². The Morgan fingerprint density at radius 3 is 3.00 bits per heavy atom.